The van der Waals surface area contributed by atoms with E-state index in [2.05, 4.69) is 34.9 Å². The number of alkyl halides is 1. The Morgan fingerprint density at radius 2 is 1.73 bits per heavy atom. The first-order valence-corrected chi connectivity index (χ1v) is 13.2. The molecular formula is C21H26ClFN8O5S. The summed E-state index contributed by atoms with van der Waals surface area (Å²) in [6.45, 7) is 1.44. The number of rotatable bonds is 10. The maximum absolute atomic E-state index is 14.1. The number of hydrogen-bond acceptors (Lipinski definition) is 11. The van der Waals surface area contributed by atoms with Crippen LogP contribution in [0.4, 0.5) is 10.3 Å². The number of anilines is 1. The summed E-state index contributed by atoms with van der Waals surface area (Å²) in [5, 5.41) is 7.43. The van der Waals surface area contributed by atoms with Crippen molar-refractivity contribution in [3.63, 3.8) is 0 Å². The van der Waals surface area contributed by atoms with E-state index >= 15 is 0 Å². The van der Waals surface area contributed by atoms with Crippen molar-refractivity contribution in [2.24, 2.45) is 0 Å². The minimum atomic E-state index is -4.18. The molecule has 4 atom stereocenters. The largest absolute Gasteiger partial charge is 0.479 e. The van der Waals surface area contributed by atoms with E-state index in [0.717, 1.165) is 0 Å². The highest BCUT2D eigenvalue weighted by Crippen LogP contribution is 2.40. The number of nitrogens with one attached hydrogen (secondary N) is 1. The summed E-state index contributed by atoms with van der Waals surface area (Å²) in [5.74, 6) is 0.110. The molecule has 0 aliphatic heterocycles. The molecule has 37 heavy (non-hydrogen) atoms. The van der Waals surface area contributed by atoms with E-state index in [4.69, 9.17) is 25.8 Å². The van der Waals surface area contributed by atoms with Crippen molar-refractivity contribution in [3.8, 4) is 17.4 Å². The Balaban J connectivity index is 1.78. The van der Waals surface area contributed by atoms with Crippen molar-refractivity contribution in [3.05, 3.63) is 35.4 Å². The zero-order valence-electron chi connectivity index (χ0n) is 20.5. The van der Waals surface area contributed by atoms with Gasteiger partial charge in [0.05, 0.1) is 19.2 Å². The van der Waals surface area contributed by atoms with Crippen LogP contribution >= 0.6 is 11.6 Å². The van der Waals surface area contributed by atoms with E-state index in [1.54, 1.807) is 0 Å². The highest BCUT2D eigenvalue weighted by molar-refractivity contribution is 7.93. The maximum atomic E-state index is 14.1. The third-order valence-corrected chi connectivity index (χ3v) is 7.97. The standard InChI is InChI=1S/C21H26ClFN8O5S/c1-11(16(34-2)17-24-8-13(22)9-25-17)37(32,33)30-21-29-28-18(12-5-6-14(23)7-12)31(21)15-19(35-3)26-10-27-20(15)36-4/h8-12,14,16H,5-7H2,1-4H3,(H,29,30)/t11?,12-,14+,16?/m0/s1. The summed E-state index contributed by atoms with van der Waals surface area (Å²) < 4.78 is 61.2. The molecule has 0 radical (unpaired) electrons. The monoisotopic (exact) mass is 556 g/mol. The van der Waals surface area contributed by atoms with Crippen LogP contribution in [-0.4, -0.2) is 75.9 Å². The molecule has 3 aromatic rings. The summed E-state index contributed by atoms with van der Waals surface area (Å²) in [7, 11) is -0.0493. The van der Waals surface area contributed by atoms with Crippen LogP contribution in [0.1, 0.15) is 49.9 Å². The first-order chi connectivity index (χ1) is 17.7. The van der Waals surface area contributed by atoms with Gasteiger partial charge < -0.3 is 14.2 Å². The quantitative estimate of drug-likeness (QED) is 0.391. The van der Waals surface area contributed by atoms with Gasteiger partial charge >= 0.3 is 0 Å². The lowest BCUT2D eigenvalue weighted by molar-refractivity contribution is 0.0950. The number of hydrogen-bond donors (Lipinski definition) is 1. The molecule has 1 saturated carbocycles. The molecule has 0 bridgehead atoms. The van der Waals surface area contributed by atoms with Crippen molar-refractivity contribution in [2.45, 2.75) is 49.6 Å². The predicted molar refractivity (Wildman–Crippen MR) is 130 cm³/mol. The van der Waals surface area contributed by atoms with E-state index in [0.29, 0.717) is 23.7 Å². The molecule has 3 heterocycles. The first-order valence-electron chi connectivity index (χ1n) is 11.2. The molecule has 0 amide bonds. The second-order valence-corrected chi connectivity index (χ2v) is 10.8. The Morgan fingerprint density at radius 1 is 1.08 bits per heavy atom. The van der Waals surface area contributed by atoms with Crippen LogP contribution in [0.25, 0.3) is 5.69 Å². The van der Waals surface area contributed by atoms with Gasteiger partial charge in [-0.15, -0.1) is 10.2 Å². The molecule has 4 rings (SSSR count). The fraction of sp³-hybridized carbons (Fsp3) is 0.524. The Labute approximate surface area is 217 Å². The maximum Gasteiger partial charge on any atom is 0.245 e. The fourth-order valence-electron chi connectivity index (χ4n) is 4.20. The van der Waals surface area contributed by atoms with Gasteiger partial charge in [0.15, 0.2) is 11.5 Å². The first kappa shape index (κ1) is 26.9. The average molecular weight is 557 g/mol. The molecule has 1 N–H and O–H groups in total. The van der Waals surface area contributed by atoms with Crippen LogP contribution < -0.4 is 14.2 Å². The second kappa shape index (κ2) is 11.1. The molecule has 1 aliphatic carbocycles. The Bertz CT molecular complexity index is 1320. The van der Waals surface area contributed by atoms with E-state index in [-0.39, 0.29) is 41.6 Å². The van der Waals surface area contributed by atoms with Gasteiger partial charge in [0.25, 0.3) is 0 Å². The summed E-state index contributed by atoms with van der Waals surface area (Å²) in [4.78, 5) is 16.4. The lowest BCUT2D eigenvalue weighted by Crippen LogP contribution is -2.33. The topological polar surface area (TPSA) is 156 Å². The molecule has 1 aliphatic rings. The lowest BCUT2D eigenvalue weighted by Gasteiger charge is -2.23. The number of aromatic nitrogens is 7. The second-order valence-electron chi connectivity index (χ2n) is 8.33. The van der Waals surface area contributed by atoms with Crippen molar-refractivity contribution in [1.29, 1.82) is 0 Å². The van der Waals surface area contributed by atoms with Gasteiger partial charge in [0.2, 0.25) is 27.7 Å². The lowest BCUT2D eigenvalue weighted by atomic mass is 10.1. The third kappa shape index (κ3) is 5.43. The summed E-state index contributed by atoms with van der Waals surface area (Å²) >= 11 is 5.86. The summed E-state index contributed by atoms with van der Waals surface area (Å²) in [6.07, 6.45) is 2.95. The molecule has 16 heteroatoms. The average Bonchev–Trinajstić information content (AvgIpc) is 3.50. The van der Waals surface area contributed by atoms with Crippen LogP contribution in [0.2, 0.25) is 5.02 Å². The van der Waals surface area contributed by atoms with Gasteiger partial charge in [0, 0.05) is 25.4 Å². The highest BCUT2D eigenvalue weighted by Gasteiger charge is 2.37. The Kier molecular flexibility index (Phi) is 8.04. The molecule has 1 fully saturated rings. The van der Waals surface area contributed by atoms with Crippen molar-refractivity contribution < 1.29 is 27.0 Å². The molecule has 2 unspecified atom stereocenters. The number of ether oxygens (including phenoxy) is 3. The van der Waals surface area contributed by atoms with Crippen LogP contribution in [0, 0.1) is 0 Å². The molecule has 0 aromatic carbocycles. The minimum Gasteiger partial charge on any atom is -0.479 e. The Morgan fingerprint density at radius 3 is 2.27 bits per heavy atom. The van der Waals surface area contributed by atoms with Crippen LogP contribution in [0.15, 0.2) is 18.7 Å². The van der Waals surface area contributed by atoms with Crippen LogP contribution in [0.3, 0.4) is 0 Å². The van der Waals surface area contributed by atoms with Gasteiger partial charge in [-0.1, -0.05) is 11.6 Å². The van der Waals surface area contributed by atoms with E-state index < -0.39 is 27.5 Å². The van der Waals surface area contributed by atoms with Crippen LogP contribution in [0.5, 0.6) is 11.8 Å². The zero-order valence-corrected chi connectivity index (χ0v) is 22.1. The minimum absolute atomic E-state index is 0.0838. The summed E-state index contributed by atoms with van der Waals surface area (Å²) in [5.41, 5.74) is 0.171. The molecule has 0 saturated heterocycles. The van der Waals surface area contributed by atoms with Crippen LogP contribution in [-0.2, 0) is 14.8 Å². The SMILES string of the molecule is COc1ncnc(OC)c1-n1c(NS(=O)(=O)C(C)C(OC)c2ncc(Cl)cn2)nnc1[C@H]1CC[C@@H](F)C1. The van der Waals surface area contributed by atoms with Gasteiger partial charge in [0.1, 0.15) is 29.7 Å². The molecule has 200 valence electrons. The van der Waals surface area contributed by atoms with Crippen molar-refractivity contribution in [1.82, 2.24) is 34.7 Å². The number of sulfonamides is 1. The zero-order chi connectivity index (χ0) is 26.7. The van der Waals surface area contributed by atoms with Gasteiger partial charge in [-0.3, -0.25) is 9.29 Å². The van der Waals surface area contributed by atoms with Gasteiger partial charge in [-0.2, -0.15) is 9.97 Å². The van der Waals surface area contributed by atoms with E-state index in [9.17, 15) is 12.8 Å². The number of methoxy groups -OCH3 is 3. The van der Waals surface area contributed by atoms with Crippen molar-refractivity contribution >= 4 is 27.6 Å². The van der Waals surface area contributed by atoms with E-state index in [1.807, 2.05) is 0 Å². The normalized spacial score (nSPS) is 19.4. The van der Waals surface area contributed by atoms with Crippen molar-refractivity contribution in [2.75, 3.05) is 26.1 Å². The Hall–Kier alpha value is -3.17. The molecule has 13 nitrogen and oxygen atoms in total. The fourth-order valence-corrected chi connectivity index (χ4v) is 5.43. The van der Waals surface area contributed by atoms with Gasteiger partial charge in [-0.25, -0.2) is 22.8 Å². The molecule has 0 spiro atoms. The highest BCUT2D eigenvalue weighted by atomic mass is 35.5. The number of nitrogens with zero attached hydrogens (tertiary/aromatic N) is 7. The molecule has 3 aromatic heterocycles. The van der Waals surface area contributed by atoms with E-state index in [1.165, 1.54) is 51.5 Å². The third-order valence-electron chi connectivity index (χ3n) is 6.09. The molecular weight excluding hydrogens is 531 g/mol. The summed E-state index contributed by atoms with van der Waals surface area (Å²) in [6, 6.07) is 0. The number of halogens is 2. The smallest absolute Gasteiger partial charge is 0.245 e. The van der Waals surface area contributed by atoms with Gasteiger partial charge in [-0.05, 0) is 26.2 Å². The predicted octanol–water partition coefficient (Wildman–Crippen LogP) is 2.64.